The standard InChI is InChI=1S/C29H30ClN5O2S/c1-19(24-8-6-7-9-25(24)30)31-32-26(36)18-38-28-34-33-27(20-10-12-21(13-11-20)29(2,3)4)35(28)22-14-16-23(37-5)17-15-22/h6-17H,18H2,1-5H3,(H,32,36). The molecule has 0 spiro atoms. The van der Waals surface area contributed by atoms with Crippen molar-refractivity contribution in [3.8, 4) is 22.8 Å². The molecule has 3 aromatic carbocycles. The second kappa shape index (κ2) is 11.8. The van der Waals surface area contributed by atoms with E-state index >= 15 is 0 Å². The smallest absolute Gasteiger partial charge is 0.250 e. The van der Waals surface area contributed by atoms with Crippen LogP contribution in [0.2, 0.25) is 5.02 Å². The number of ether oxygens (including phenoxy) is 1. The van der Waals surface area contributed by atoms with Gasteiger partial charge in [0, 0.05) is 21.8 Å². The molecular weight excluding hydrogens is 518 g/mol. The Hall–Kier alpha value is -3.62. The zero-order valence-corrected chi connectivity index (χ0v) is 23.6. The monoisotopic (exact) mass is 547 g/mol. The van der Waals surface area contributed by atoms with Gasteiger partial charge >= 0.3 is 0 Å². The second-order valence-electron chi connectivity index (χ2n) is 9.67. The van der Waals surface area contributed by atoms with Crippen LogP contribution in [0.4, 0.5) is 0 Å². The van der Waals surface area contributed by atoms with Crippen LogP contribution in [0.5, 0.6) is 5.75 Å². The Morgan fingerprint density at radius 2 is 1.71 bits per heavy atom. The first-order valence-corrected chi connectivity index (χ1v) is 13.5. The summed E-state index contributed by atoms with van der Waals surface area (Å²) in [7, 11) is 1.63. The highest BCUT2D eigenvalue weighted by molar-refractivity contribution is 7.99. The largest absolute Gasteiger partial charge is 0.497 e. The molecular formula is C29H30ClN5O2S. The minimum Gasteiger partial charge on any atom is -0.497 e. The number of thioether (sulfide) groups is 1. The van der Waals surface area contributed by atoms with Gasteiger partial charge in [-0.15, -0.1) is 10.2 Å². The Morgan fingerprint density at radius 1 is 1.03 bits per heavy atom. The van der Waals surface area contributed by atoms with Gasteiger partial charge in [-0.2, -0.15) is 5.10 Å². The zero-order valence-electron chi connectivity index (χ0n) is 22.0. The lowest BCUT2D eigenvalue weighted by Gasteiger charge is -2.19. The number of methoxy groups -OCH3 is 1. The highest BCUT2D eigenvalue weighted by atomic mass is 35.5. The van der Waals surface area contributed by atoms with E-state index in [0.717, 1.165) is 22.6 Å². The molecule has 0 bridgehead atoms. The van der Waals surface area contributed by atoms with Crippen LogP contribution in [0.15, 0.2) is 83.1 Å². The number of benzene rings is 3. The van der Waals surface area contributed by atoms with Crippen LogP contribution in [-0.2, 0) is 10.2 Å². The molecule has 1 N–H and O–H groups in total. The topological polar surface area (TPSA) is 81.4 Å². The summed E-state index contributed by atoms with van der Waals surface area (Å²) in [5, 5.41) is 14.3. The zero-order chi connectivity index (χ0) is 27.3. The molecule has 0 aliphatic carbocycles. The van der Waals surface area contributed by atoms with Crippen molar-refractivity contribution in [2.45, 2.75) is 38.3 Å². The highest BCUT2D eigenvalue weighted by Gasteiger charge is 2.19. The Bertz CT molecular complexity index is 1440. The van der Waals surface area contributed by atoms with Crippen molar-refractivity contribution in [1.29, 1.82) is 0 Å². The molecule has 0 aliphatic rings. The summed E-state index contributed by atoms with van der Waals surface area (Å²) in [5.41, 5.74) is 7.06. The Kier molecular flexibility index (Phi) is 8.54. The number of nitrogens with zero attached hydrogens (tertiary/aromatic N) is 4. The number of aromatic nitrogens is 3. The predicted molar refractivity (Wildman–Crippen MR) is 155 cm³/mol. The Balaban J connectivity index is 1.57. The van der Waals surface area contributed by atoms with E-state index in [4.69, 9.17) is 16.3 Å². The van der Waals surface area contributed by atoms with E-state index in [-0.39, 0.29) is 17.1 Å². The quantitative estimate of drug-likeness (QED) is 0.154. The summed E-state index contributed by atoms with van der Waals surface area (Å²) in [6.45, 7) is 8.34. The average Bonchev–Trinajstić information content (AvgIpc) is 3.34. The molecule has 9 heteroatoms. The molecule has 7 nitrogen and oxygen atoms in total. The van der Waals surface area contributed by atoms with Gasteiger partial charge in [0.05, 0.1) is 18.6 Å². The van der Waals surface area contributed by atoms with Gasteiger partial charge in [-0.05, 0) is 48.2 Å². The maximum Gasteiger partial charge on any atom is 0.250 e. The van der Waals surface area contributed by atoms with Crippen LogP contribution in [0.25, 0.3) is 17.1 Å². The summed E-state index contributed by atoms with van der Waals surface area (Å²) in [4.78, 5) is 12.6. The molecule has 0 unspecified atom stereocenters. The van der Waals surface area contributed by atoms with Crippen LogP contribution < -0.4 is 10.2 Å². The van der Waals surface area contributed by atoms with E-state index in [2.05, 4.69) is 65.8 Å². The fraction of sp³-hybridized carbons (Fsp3) is 0.241. The van der Waals surface area contributed by atoms with Crippen molar-refractivity contribution in [2.24, 2.45) is 5.10 Å². The fourth-order valence-corrected chi connectivity index (χ4v) is 4.77. The van der Waals surface area contributed by atoms with Crippen molar-refractivity contribution in [2.75, 3.05) is 12.9 Å². The molecule has 0 saturated carbocycles. The first-order valence-electron chi connectivity index (χ1n) is 12.1. The van der Waals surface area contributed by atoms with Gasteiger partial charge in [-0.3, -0.25) is 9.36 Å². The third-order valence-electron chi connectivity index (χ3n) is 5.92. The minimum atomic E-state index is -0.262. The van der Waals surface area contributed by atoms with Gasteiger partial charge in [0.1, 0.15) is 5.75 Å². The molecule has 196 valence electrons. The van der Waals surface area contributed by atoms with E-state index in [1.54, 1.807) is 20.1 Å². The summed E-state index contributed by atoms with van der Waals surface area (Å²) < 4.78 is 7.27. The van der Waals surface area contributed by atoms with Crippen molar-refractivity contribution in [3.63, 3.8) is 0 Å². The number of carbonyl (C=O) groups excluding carboxylic acids is 1. The molecule has 1 heterocycles. The molecule has 0 radical (unpaired) electrons. The lowest BCUT2D eigenvalue weighted by Crippen LogP contribution is -2.21. The molecule has 0 atom stereocenters. The number of nitrogens with one attached hydrogen (secondary N) is 1. The van der Waals surface area contributed by atoms with Crippen LogP contribution in [0.1, 0.15) is 38.8 Å². The van der Waals surface area contributed by atoms with E-state index in [0.29, 0.717) is 21.7 Å². The van der Waals surface area contributed by atoms with Crippen LogP contribution >= 0.6 is 23.4 Å². The molecule has 0 saturated heterocycles. The summed E-state index contributed by atoms with van der Waals surface area (Å²) in [6, 6.07) is 23.3. The molecule has 4 rings (SSSR count). The first kappa shape index (κ1) is 27.4. The minimum absolute atomic E-state index is 0.0449. The lowest BCUT2D eigenvalue weighted by atomic mass is 9.87. The lowest BCUT2D eigenvalue weighted by molar-refractivity contribution is -0.118. The summed E-state index contributed by atoms with van der Waals surface area (Å²) >= 11 is 7.51. The second-order valence-corrected chi connectivity index (χ2v) is 11.0. The van der Waals surface area contributed by atoms with Crippen molar-refractivity contribution < 1.29 is 9.53 Å². The number of hydrogen-bond donors (Lipinski definition) is 1. The number of hydrazone groups is 1. The Labute approximate surface area is 232 Å². The van der Waals surface area contributed by atoms with Gasteiger partial charge in [0.2, 0.25) is 0 Å². The first-order chi connectivity index (χ1) is 18.2. The average molecular weight is 548 g/mol. The van der Waals surface area contributed by atoms with E-state index in [1.165, 1.54) is 17.3 Å². The van der Waals surface area contributed by atoms with Gasteiger partial charge in [0.15, 0.2) is 11.0 Å². The van der Waals surface area contributed by atoms with E-state index in [9.17, 15) is 4.79 Å². The predicted octanol–water partition coefficient (Wildman–Crippen LogP) is 6.53. The molecule has 1 aromatic heterocycles. The number of amides is 1. The van der Waals surface area contributed by atoms with Gasteiger partial charge in [0.25, 0.3) is 5.91 Å². The van der Waals surface area contributed by atoms with Gasteiger partial charge in [-0.25, -0.2) is 5.43 Å². The van der Waals surface area contributed by atoms with Gasteiger partial charge < -0.3 is 4.74 Å². The normalized spacial score (nSPS) is 11.9. The third-order valence-corrected chi connectivity index (χ3v) is 7.18. The molecule has 4 aromatic rings. The number of halogens is 1. The van der Waals surface area contributed by atoms with E-state index in [1.807, 2.05) is 47.0 Å². The van der Waals surface area contributed by atoms with E-state index < -0.39 is 0 Å². The summed E-state index contributed by atoms with van der Waals surface area (Å²) in [5.74, 6) is 1.28. The number of carbonyl (C=O) groups is 1. The van der Waals surface area contributed by atoms with Gasteiger partial charge in [-0.1, -0.05) is 86.6 Å². The van der Waals surface area contributed by atoms with Crippen molar-refractivity contribution >= 4 is 35.0 Å². The number of hydrogen-bond acceptors (Lipinski definition) is 6. The molecule has 0 fully saturated rings. The van der Waals surface area contributed by atoms with Crippen LogP contribution in [0, 0.1) is 0 Å². The van der Waals surface area contributed by atoms with Crippen molar-refractivity contribution in [3.05, 3.63) is 88.9 Å². The van der Waals surface area contributed by atoms with Crippen LogP contribution in [-0.4, -0.2) is 39.2 Å². The molecule has 0 aliphatic heterocycles. The third kappa shape index (κ3) is 6.44. The Morgan fingerprint density at radius 3 is 2.34 bits per heavy atom. The SMILES string of the molecule is COc1ccc(-n2c(SCC(=O)NN=C(C)c3ccccc3Cl)nnc2-c2ccc(C(C)(C)C)cc2)cc1. The maximum absolute atomic E-state index is 12.6. The molecule has 1 amide bonds. The van der Waals surface area contributed by atoms with Crippen molar-refractivity contribution in [1.82, 2.24) is 20.2 Å². The highest BCUT2D eigenvalue weighted by Crippen LogP contribution is 2.30. The maximum atomic E-state index is 12.6. The number of rotatable bonds is 8. The molecule has 38 heavy (non-hydrogen) atoms. The fourth-order valence-electron chi connectivity index (χ4n) is 3.76. The van der Waals surface area contributed by atoms with Crippen LogP contribution in [0.3, 0.4) is 0 Å². The summed E-state index contributed by atoms with van der Waals surface area (Å²) in [6.07, 6.45) is 0.